The first-order valence-corrected chi connectivity index (χ1v) is 7.74. The molecule has 23 heavy (non-hydrogen) atoms. The van der Waals surface area contributed by atoms with Gasteiger partial charge in [-0.3, -0.25) is 9.69 Å². The van der Waals surface area contributed by atoms with Gasteiger partial charge in [0.25, 0.3) is 0 Å². The minimum absolute atomic E-state index is 0.182. The highest BCUT2D eigenvalue weighted by Crippen LogP contribution is 2.38. The summed E-state index contributed by atoms with van der Waals surface area (Å²) in [5.41, 5.74) is 5.94. The van der Waals surface area contributed by atoms with Gasteiger partial charge in [-0.1, -0.05) is 37.3 Å². The monoisotopic (exact) mass is 329 g/mol. The number of amides is 1. The lowest BCUT2D eigenvalue weighted by molar-refractivity contribution is -0.190. The van der Waals surface area contributed by atoms with Crippen molar-refractivity contribution < 1.29 is 18.0 Å². The van der Waals surface area contributed by atoms with Crippen molar-refractivity contribution in [3.63, 3.8) is 0 Å². The van der Waals surface area contributed by atoms with E-state index in [9.17, 15) is 18.0 Å². The smallest absolute Gasteiger partial charge is 0.339 e. The summed E-state index contributed by atoms with van der Waals surface area (Å²) in [5, 5.41) is 0. The molecule has 0 spiro atoms. The first kappa shape index (κ1) is 17.7. The highest BCUT2D eigenvalue weighted by Gasteiger charge is 2.45. The first-order chi connectivity index (χ1) is 10.8. The third kappa shape index (κ3) is 4.23. The Bertz CT molecular complexity index is 513. The molecule has 0 aliphatic carbocycles. The van der Waals surface area contributed by atoms with Crippen molar-refractivity contribution in [2.75, 3.05) is 26.2 Å². The van der Waals surface area contributed by atoms with Gasteiger partial charge in [0.05, 0.1) is 6.04 Å². The van der Waals surface area contributed by atoms with Crippen molar-refractivity contribution in [2.24, 2.45) is 5.73 Å². The maximum Gasteiger partial charge on any atom is 0.408 e. The molecule has 1 aliphatic heterocycles. The van der Waals surface area contributed by atoms with Crippen LogP contribution in [0.3, 0.4) is 0 Å². The molecule has 1 aromatic rings. The number of halogens is 3. The summed E-state index contributed by atoms with van der Waals surface area (Å²) in [6, 6.07) is 5.67. The van der Waals surface area contributed by atoms with Crippen LogP contribution < -0.4 is 5.73 Å². The number of carbonyl (C=O) groups excluding carboxylic acids is 1. The van der Waals surface area contributed by atoms with Crippen molar-refractivity contribution in [3.8, 4) is 0 Å². The lowest BCUT2D eigenvalue weighted by Gasteiger charge is -2.40. The molecule has 1 fully saturated rings. The largest absolute Gasteiger partial charge is 0.408 e. The van der Waals surface area contributed by atoms with Crippen LogP contribution in [-0.2, 0) is 4.79 Å². The van der Waals surface area contributed by atoms with Gasteiger partial charge in [0.2, 0.25) is 5.91 Å². The normalized spacial score (nSPS) is 19.4. The molecule has 1 amide bonds. The fourth-order valence-corrected chi connectivity index (χ4v) is 2.85. The number of rotatable bonds is 4. The SMILES string of the molecule is CC[C@@H](N)C(=O)N1CCN([C@H](c2ccccc2)C(F)(F)F)CC1. The van der Waals surface area contributed by atoms with Crippen LogP contribution in [0, 0.1) is 0 Å². The van der Waals surface area contributed by atoms with E-state index in [1.807, 2.05) is 6.92 Å². The van der Waals surface area contributed by atoms with Gasteiger partial charge in [-0.05, 0) is 12.0 Å². The Labute approximate surface area is 134 Å². The van der Waals surface area contributed by atoms with Crippen molar-refractivity contribution in [1.82, 2.24) is 9.80 Å². The van der Waals surface area contributed by atoms with Gasteiger partial charge in [-0.25, -0.2) is 0 Å². The average Bonchev–Trinajstić information content (AvgIpc) is 2.54. The molecular formula is C16H22F3N3O. The molecule has 7 heteroatoms. The molecule has 1 heterocycles. The average molecular weight is 329 g/mol. The van der Waals surface area contributed by atoms with Gasteiger partial charge in [0, 0.05) is 26.2 Å². The van der Waals surface area contributed by atoms with E-state index in [4.69, 9.17) is 5.73 Å². The summed E-state index contributed by atoms with van der Waals surface area (Å²) in [4.78, 5) is 15.0. The van der Waals surface area contributed by atoms with Crippen molar-refractivity contribution in [2.45, 2.75) is 31.6 Å². The predicted octanol–water partition coefficient (Wildman–Crippen LogP) is 2.17. The summed E-state index contributed by atoms with van der Waals surface area (Å²) < 4.78 is 40.5. The van der Waals surface area contributed by atoms with Crippen molar-refractivity contribution >= 4 is 5.91 Å². The fourth-order valence-electron chi connectivity index (χ4n) is 2.85. The molecule has 2 rings (SSSR count). The van der Waals surface area contributed by atoms with Crippen LogP contribution in [-0.4, -0.2) is 54.1 Å². The number of alkyl halides is 3. The van der Waals surface area contributed by atoms with E-state index in [0.717, 1.165) is 0 Å². The Morgan fingerprint density at radius 2 is 1.74 bits per heavy atom. The fraction of sp³-hybridized carbons (Fsp3) is 0.562. The highest BCUT2D eigenvalue weighted by atomic mass is 19.4. The predicted molar refractivity (Wildman–Crippen MR) is 81.7 cm³/mol. The summed E-state index contributed by atoms with van der Waals surface area (Å²) in [5.74, 6) is -0.185. The van der Waals surface area contributed by atoms with Crippen LogP contribution in [0.2, 0.25) is 0 Å². The lowest BCUT2D eigenvalue weighted by Crippen LogP contribution is -2.55. The number of carbonyl (C=O) groups is 1. The standard InChI is InChI=1S/C16H22F3N3O/c1-2-13(20)15(23)22-10-8-21(9-11-22)14(16(17,18)19)12-6-4-3-5-7-12/h3-7,13-14H,2,8-11,20H2,1H3/t13-,14-/m1/s1. The molecule has 2 N–H and O–H groups in total. The van der Waals surface area contributed by atoms with Crippen molar-refractivity contribution in [3.05, 3.63) is 35.9 Å². The van der Waals surface area contributed by atoms with Crippen LogP contribution in [0.4, 0.5) is 13.2 Å². The Balaban J connectivity index is 2.08. The van der Waals surface area contributed by atoms with Gasteiger partial charge < -0.3 is 10.6 Å². The number of hydrogen-bond donors (Lipinski definition) is 1. The van der Waals surface area contributed by atoms with E-state index in [-0.39, 0.29) is 37.6 Å². The van der Waals surface area contributed by atoms with Crippen molar-refractivity contribution in [1.29, 1.82) is 0 Å². The molecule has 0 aromatic heterocycles. The number of nitrogens with zero attached hydrogens (tertiary/aromatic N) is 2. The second-order valence-electron chi connectivity index (χ2n) is 5.73. The molecule has 0 bridgehead atoms. The van der Waals surface area contributed by atoms with Crippen LogP contribution in [0.15, 0.2) is 30.3 Å². The zero-order valence-corrected chi connectivity index (χ0v) is 13.1. The third-order valence-electron chi connectivity index (χ3n) is 4.17. The van der Waals surface area contributed by atoms with Gasteiger partial charge in [0.1, 0.15) is 6.04 Å². The summed E-state index contributed by atoms with van der Waals surface area (Å²) in [6.45, 7) is 2.72. The van der Waals surface area contributed by atoms with Crippen LogP contribution in [0.5, 0.6) is 0 Å². The van der Waals surface area contributed by atoms with Gasteiger partial charge in [0.15, 0.2) is 0 Å². The highest BCUT2D eigenvalue weighted by molar-refractivity contribution is 5.81. The molecule has 0 saturated carbocycles. The number of benzene rings is 1. The van der Waals surface area contributed by atoms with Crippen LogP contribution in [0.25, 0.3) is 0 Å². The van der Waals surface area contributed by atoms with E-state index in [1.165, 1.54) is 17.0 Å². The maximum absolute atomic E-state index is 13.5. The Hall–Kier alpha value is -1.60. The minimum Gasteiger partial charge on any atom is -0.339 e. The van der Waals surface area contributed by atoms with Crippen LogP contribution >= 0.6 is 0 Å². The molecular weight excluding hydrogens is 307 g/mol. The summed E-state index contributed by atoms with van der Waals surface area (Å²) in [6.07, 6.45) is -3.83. The van der Waals surface area contributed by atoms with Crippen LogP contribution in [0.1, 0.15) is 24.9 Å². The minimum atomic E-state index is -4.35. The molecule has 4 nitrogen and oxygen atoms in total. The number of nitrogens with two attached hydrogens (primary N) is 1. The third-order valence-corrected chi connectivity index (χ3v) is 4.17. The molecule has 2 atom stereocenters. The topological polar surface area (TPSA) is 49.6 Å². The maximum atomic E-state index is 13.5. The van der Waals surface area contributed by atoms with E-state index < -0.39 is 18.3 Å². The van der Waals surface area contributed by atoms with E-state index >= 15 is 0 Å². The quantitative estimate of drug-likeness (QED) is 0.921. The van der Waals surface area contributed by atoms with Gasteiger partial charge in [-0.15, -0.1) is 0 Å². The summed E-state index contributed by atoms with van der Waals surface area (Å²) >= 11 is 0. The molecule has 1 saturated heterocycles. The van der Waals surface area contributed by atoms with Gasteiger partial charge in [-0.2, -0.15) is 13.2 Å². The Morgan fingerprint density at radius 1 is 1.17 bits per heavy atom. The Morgan fingerprint density at radius 3 is 2.22 bits per heavy atom. The lowest BCUT2D eigenvalue weighted by atomic mass is 10.0. The van der Waals surface area contributed by atoms with E-state index in [1.54, 1.807) is 23.1 Å². The Kier molecular flexibility index (Phi) is 5.64. The molecule has 1 aromatic carbocycles. The zero-order valence-electron chi connectivity index (χ0n) is 13.1. The second-order valence-corrected chi connectivity index (χ2v) is 5.73. The zero-order chi connectivity index (χ0) is 17.0. The van der Waals surface area contributed by atoms with E-state index in [0.29, 0.717) is 6.42 Å². The molecule has 0 radical (unpaired) electrons. The molecule has 0 unspecified atom stereocenters. The van der Waals surface area contributed by atoms with Gasteiger partial charge >= 0.3 is 6.18 Å². The number of piperazine rings is 1. The van der Waals surface area contributed by atoms with E-state index in [2.05, 4.69) is 0 Å². The first-order valence-electron chi connectivity index (χ1n) is 7.74. The molecule has 1 aliphatic rings. The second kappa shape index (κ2) is 7.31. The molecule has 128 valence electrons. The summed E-state index contributed by atoms with van der Waals surface area (Å²) in [7, 11) is 0. The number of hydrogen-bond acceptors (Lipinski definition) is 3.